The van der Waals surface area contributed by atoms with Gasteiger partial charge in [0.2, 0.25) is 5.88 Å². The van der Waals surface area contributed by atoms with Crippen LogP contribution in [0, 0.1) is 0 Å². The van der Waals surface area contributed by atoms with Crippen molar-refractivity contribution >= 4 is 23.4 Å². The van der Waals surface area contributed by atoms with E-state index < -0.39 is 11.7 Å². The van der Waals surface area contributed by atoms with Gasteiger partial charge in [-0.15, -0.1) is 0 Å². The quantitative estimate of drug-likeness (QED) is 0.747. The Balaban J connectivity index is 1.86. The molecule has 1 fully saturated rings. The summed E-state index contributed by atoms with van der Waals surface area (Å²) in [7, 11) is 0. The van der Waals surface area contributed by atoms with Gasteiger partial charge < -0.3 is 9.47 Å². The molecular weight excluding hydrogens is 352 g/mol. The van der Waals surface area contributed by atoms with Crippen LogP contribution in [0.4, 0.5) is 10.5 Å². The lowest BCUT2D eigenvalue weighted by Gasteiger charge is -2.27. The maximum absolute atomic E-state index is 12.0. The van der Waals surface area contributed by atoms with E-state index in [2.05, 4.69) is 10.3 Å². The first-order valence-corrected chi connectivity index (χ1v) is 9.10. The fraction of sp³-hybridized carbons (Fsp3) is 0.400. The number of pyridine rings is 1. The number of benzene rings is 1. The maximum atomic E-state index is 12.0. The molecule has 0 bridgehead atoms. The smallest absolute Gasteiger partial charge is 0.412 e. The van der Waals surface area contributed by atoms with Gasteiger partial charge in [0.25, 0.3) is 0 Å². The number of nitrogens with one attached hydrogen (secondary N) is 1. The first kappa shape index (κ1) is 18.5. The molecule has 0 atom stereocenters. The van der Waals surface area contributed by atoms with Crippen molar-refractivity contribution in [3.8, 4) is 17.0 Å². The van der Waals surface area contributed by atoms with Crippen molar-refractivity contribution in [1.29, 1.82) is 0 Å². The third kappa shape index (κ3) is 4.88. The van der Waals surface area contributed by atoms with E-state index in [4.69, 9.17) is 21.1 Å². The fourth-order valence-corrected chi connectivity index (χ4v) is 2.64. The summed E-state index contributed by atoms with van der Waals surface area (Å²) in [6.07, 6.45) is 4.53. The molecule has 26 heavy (non-hydrogen) atoms. The third-order valence-electron chi connectivity index (χ3n) is 3.98. The van der Waals surface area contributed by atoms with Gasteiger partial charge in [-0.3, -0.25) is 5.32 Å². The molecule has 1 aromatic heterocycles. The molecule has 1 aliphatic carbocycles. The van der Waals surface area contributed by atoms with Crippen molar-refractivity contribution < 1.29 is 14.3 Å². The van der Waals surface area contributed by atoms with Crippen LogP contribution in [0.25, 0.3) is 11.1 Å². The largest absolute Gasteiger partial charge is 0.474 e. The first-order valence-electron chi connectivity index (χ1n) is 8.73. The molecule has 0 saturated heterocycles. The highest BCUT2D eigenvalue weighted by Crippen LogP contribution is 2.34. The van der Waals surface area contributed by atoms with Crippen LogP contribution in [-0.2, 0) is 4.74 Å². The average Bonchev–Trinajstić information content (AvgIpc) is 2.50. The minimum absolute atomic E-state index is 0.207. The van der Waals surface area contributed by atoms with Crippen LogP contribution in [0.3, 0.4) is 0 Å². The summed E-state index contributed by atoms with van der Waals surface area (Å²) in [5.74, 6) is 0.562. The molecule has 2 aromatic rings. The first-order chi connectivity index (χ1) is 12.3. The Morgan fingerprint density at radius 2 is 1.92 bits per heavy atom. The van der Waals surface area contributed by atoms with Gasteiger partial charge in [-0.25, -0.2) is 9.78 Å². The van der Waals surface area contributed by atoms with E-state index in [1.54, 1.807) is 6.20 Å². The number of ether oxygens (including phenoxy) is 2. The summed E-state index contributed by atoms with van der Waals surface area (Å²) < 4.78 is 11.3. The SMILES string of the molecule is CC(C)(C)OC(=O)Nc1cnc(OC2CCC2)c(-c2ccc(Cl)cc2)c1. The molecular formula is C20H23ClN2O3. The van der Waals surface area contributed by atoms with E-state index in [0.29, 0.717) is 16.6 Å². The molecule has 6 heteroatoms. The number of hydrogen-bond acceptors (Lipinski definition) is 4. The van der Waals surface area contributed by atoms with Gasteiger partial charge in [0.1, 0.15) is 11.7 Å². The number of rotatable bonds is 4. The highest BCUT2D eigenvalue weighted by molar-refractivity contribution is 6.30. The van der Waals surface area contributed by atoms with E-state index >= 15 is 0 Å². The topological polar surface area (TPSA) is 60.5 Å². The molecule has 1 heterocycles. The molecule has 0 spiro atoms. The number of anilines is 1. The molecule has 0 radical (unpaired) electrons. The minimum Gasteiger partial charge on any atom is -0.474 e. The summed E-state index contributed by atoms with van der Waals surface area (Å²) in [5, 5.41) is 3.38. The lowest BCUT2D eigenvalue weighted by molar-refractivity contribution is 0.0635. The summed E-state index contributed by atoms with van der Waals surface area (Å²) in [4.78, 5) is 16.5. The van der Waals surface area contributed by atoms with E-state index in [1.807, 2.05) is 51.1 Å². The summed E-state index contributed by atoms with van der Waals surface area (Å²) in [5.41, 5.74) is 1.71. The Hall–Kier alpha value is -2.27. The van der Waals surface area contributed by atoms with Crippen LogP contribution < -0.4 is 10.1 Å². The fourth-order valence-electron chi connectivity index (χ4n) is 2.52. The predicted molar refractivity (Wildman–Crippen MR) is 103 cm³/mol. The zero-order valence-corrected chi connectivity index (χ0v) is 16.0. The van der Waals surface area contributed by atoms with Crippen molar-refractivity contribution in [1.82, 2.24) is 4.98 Å². The van der Waals surface area contributed by atoms with Crippen molar-refractivity contribution in [3.05, 3.63) is 41.6 Å². The molecule has 3 rings (SSSR count). The molecule has 1 aliphatic rings. The predicted octanol–water partition coefficient (Wildman–Crippen LogP) is 5.68. The second kappa shape index (κ2) is 7.54. The normalized spacial score (nSPS) is 14.5. The Labute approximate surface area is 158 Å². The molecule has 0 aliphatic heterocycles. The molecule has 1 saturated carbocycles. The molecule has 5 nitrogen and oxygen atoms in total. The summed E-state index contributed by atoms with van der Waals surface area (Å²) in [6.45, 7) is 5.46. The lowest BCUT2D eigenvalue weighted by atomic mass is 9.96. The molecule has 1 aromatic carbocycles. The number of amides is 1. The van der Waals surface area contributed by atoms with Crippen LogP contribution in [0.15, 0.2) is 36.5 Å². The van der Waals surface area contributed by atoms with Crippen LogP contribution >= 0.6 is 11.6 Å². The average molecular weight is 375 g/mol. The molecule has 1 amide bonds. The highest BCUT2D eigenvalue weighted by atomic mass is 35.5. The Morgan fingerprint density at radius 3 is 2.50 bits per heavy atom. The zero-order valence-electron chi connectivity index (χ0n) is 15.2. The Morgan fingerprint density at radius 1 is 1.23 bits per heavy atom. The lowest BCUT2D eigenvalue weighted by Crippen LogP contribution is -2.27. The van der Waals surface area contributed by atoms with Gasteiger partial charge in [0.05, 0.1) is 11.9 Å². The van der Waals surface area contributed by atoms with Gasteiger partial charge in [-0.1, -0.05) is 23.7 Å². The van der Waals surface area contributed by atoms with Crippen molar-refractivity contribution in [2.75, 3.05) is 5.32 Å². The molecule has 138 valence electrons. The van der Waals surface area contributed by atoms with Gasteiger partial charge in [0.15, 0.2) is 0 Å². The standard InChI is InChI=1S/C20H23ClN2O3/c1-20(2,3)26-19(24)23-15-11-17(13-7-9-14(21)10-8-13)18(22-12-15)25-16-5-4-6-16/h7-12,16H,4-6H2,1-3H3,(H,23,24). The zero-order chi connectivity index (χ0) is 18.7. The van der Waals surface area contributed by atoms with Crippen LogP contribution in [0.5, 0.6) is 5.88 Å². The van der Waals surface area contributed by atoms with Crippen molar-refractivity contribution in [2.24, 2.45) is 0 Å². The number of carbonyl (C=O) groups excluding carboxylic acids is 1. The van der Waals surface area contributed by atoms with Gasteiger partial charge in [0, 0.05) is 10.6 Å². The monoisotopic (exact) mass is 374 g/mol. The van der Waals surface area contributed by atoms with E-state index in [0.717, 1.165) is 24.0 Å². The summed E-state index contributed by atoms with van der Waals surface area (Å²) >= 11 is 6.00. The minimum atomic E-state index is -0.566. The highest BCUT2D eigenvalue weighted by Gasteiger charge is 2.22. The molecule has 0 unspecified atom stereocenters. The number of nitrogens with zero attached hydrogens (tertiary/aromatic N) is 1. The van der Waals surface area contributed by atoms with E-state index in [9.17, 15) is 4.79 Å². The summed E-state index contributed by atoms with van der Waals surface area (Å²) in [6, 6.07) is 9.29. The number of halogens is 1. The molecule has 1 N–H and O–H groups in total. The van der Waals surface area contributed by atoms with Crippen LogP contribution in [-0.4, -0.2) is 22.8 Å². The van der Waals surface area contributed by atoms with E-state index in [-0.39, 0.29) is 6.10 Å². The van der Waals surface area contributed by atoms with Crippen molar-refractivity contribution in [3.63, 3.8) is 0 Å². The van der Waals surface area contributed by atoms with Crippen LogP contribution in [0.2, 0.25) is 5.02 Å². The number of hydrogen-bond donors (Lipinski definition) is 1. The maximum Gasteiger partial charge on any atom is 0.412 e. The van der Waals surface area contributed by atoms with Gasteiger partial charge >= 0.3 is 6.09 Å². The third-order valence-corrected chi connectivity index (χ3v) is 4.23. The number of carbonyl (C=O) groups is 1. The van der Waals surface area contributed by atoms with E-state index in [1.165, 1.54) is 6.42 Å². The Kier molecular flexibility index (Phi) is 5.37. The van der Waals surface area contributed by atoms with Gasteiger partial charge in [-0.2, -0.15) is 0 Å². The van der Waals surface area contributed by atoms with Crippen molar-refractivity contribution in [2.45, 2.75) is 51.7 Å². The van der Waals surface area contributed by atoms with Crippen LogP contribution in [0.1, 0.15) is 40.0 Å². The number of aromatic nitrogens is 1. The second-order valence-corrected chi connectivity index (χ2v) is 7.82. The Bertz CT molecular complexity index is 781. The second-order valence-electron chi connectivity index (χ2n) is 7.38. The van der Waals surface area contributed by atoms with Gasteiger partial charge in [-0.05, 0) is 63.8 Å².